The van der Waals surface area contributed by atoms with E-state index >= 15 is 0 Å². The summed E-state index contributed by atoms with van der Waals surface area (Å²) < 4.78 is 6.78. The molecule has 3 heteroatoms. The predicted octanol–water partition coefficient (Wildman–Crippen LogP) is 2.46. The molecule has 1 N–H and O–H groups in total. The van der Waals surface area contributed by atoms with E-state index in [4.69, 9.17) is 4.74 Å². The molecule has 2 rings (SSSR count). The largest absolute Gasteiger partial charge is 0.354 e. The molecule has 1 aliphatic heterocycles. The van der Waals surface area contributed by atoms with Crippen LogP contribution in [0.15, 0.2) is 28.7 Å². The number of nitrogens with one attached hydrogen (secondary N) is 1. The first kappa shape index (κ1) is 9.19. The Hall–Kier alpha value is -0.380. The summed E-state index contributed by atoms with van der Waals surface area (Å²) >= 11 is 3.45. The Bertz CT molecular complexity index is 303. The molecule has 70 valence electrons. The second-order valence-electron chi connectivity index (χ2n) is 3.23. The van der Waals surface area contributed by atoms with E-state index in [0.717, 1.165) is 11.0 Å². The highest BCUT2D eigenvalue weighted by atomic mass is 79.9. The van der Waals surface area contributed by atoms with Gasteiger partial charge in [0.05, 0.1) is 6.10 Å². The maximum atomic E-state index is 5.67. The lowest BCUT2D eigenvalue weighted by molar-refractivity contribution is 0.0529. The minimum Gasteiger partial charge on any atom is -0.354 e. The maximum absolute atomic E-state index is 5.67. The van der Waals surface area contributed by atoms with Gasteiger partial charge in [0.2, 0.25) is 0 Å². The van der Waals surface area contributed by atoms with Gasteiger partial charge in [0.15, 0.2) is 0 Å². The van der Waals surface area contributed by atoms with Crippen LogP contribution in [0.4, 0.5) is 0 Å². The van der Waals surface area contributed by atoms with Crippen molar-refractivity contribution in [1.29, 1.82) is 0 Å². The second-order valence-corrected chi connectivity index (χ2v) is 4.15. The Morgan fingerprint density at radius 1 is 1.54 bits per heavy atom. The van der Waals surface area contributed by atoms with Crippen molar-refractivity contribution in [3.05, 3.63) is 34.3 Å². The summed E-state index contributed by atoms with van der Waals surface area (Å²) in [5.41, 5.74) is 1.23. The van der Waals surface area contributed by atoms with E-state index in [1.54, 1.807) is 0 Å². The highest BCUT2D eigenvalue weighted by Crippen LogP contribution is 2.24. The SMILES string of the molecule is CC1NCC(c2cccc(Br)c2)O1. The van der Waals surface area contributed by atoms with Crippen molar-refractivity contribution in [3.8, 4) is 0 Å². The van der Waals surface area contributed by atoms with E-state index in [1.807, 2.05) is 19.1 Å². The summed E-state index contributed by atoms with van der Waals surface area (Å²) in [4.78, 5) is 0. The van der Waals surface area contributed by atoms with E-state index in [1.165, 1.54) is 5.56 Å². The van der Waals surface area contributed by atoms with Crippen molar-refractivity contribution in [2.24, 2.45) is 0 Å². The fraction of sp³-hybridized carbons (Fsp3) is 0.400. The lowest BCUT2D eigenvalue weighted by Crippen LogP contribution is -2.17. The Morgan fingerprint density at radius 2 is 2.38 bits per heavy atom. The van der Waals surface area contributed by atoms with E-state index in [2.05, 4.69) is 33.4 Å². The summed E-state index contributed by atoms with van der Waals surface area (Å²) in [7, 11) is 0. The van der Waals surface area contributed by atoms with Gasteiger partial charge in [-0.2, -0.15) is 0 Å². The number of halogens is 1. The third-order valence-corrected chi connectivity index (χ3v) is 2.67. The normalized spacial score (nSPS) is 27.8. The van der Waals surface area contributed by atoms with Crippen LogP contribution >= 0.6 is 15.9 Å². The van der Waals surface area contributed by atoms with Crippen LogP contribution in [-0.2, 0) is 4.74 Å². The van der Waals surface area contributed by atoms with Crippen molar-refractivity contribution >= 4 is 15.9 Å². The molecule has 2 unspecified atom stereocenters. The van der Waals surface area contributed by atoms with Gasteiger partial charge in [-0.15, -0.1) is 0 Å². The van der Waals surface area contributed by atoms with Crippen molar-refractivity contribution in [2.75, 3.05) is 6.54 Å². The topological polar surface area (TPSA) is 21.3 Å². The van der Waals surface area contributed by atoms with Gasteiger partial charge < -0.3 is 4.74 Å². The zero-order valence-electron chi connectivity index (χ0n) is 7.46. The molecule has 1 aromatic rings. The molecule has 1 aromatic carbocycles. The fourth-order valence-electron chi connectivity index (χ4n) is 1.52. The van der Waals surface area contributed by atoms with Crippen LogP contribution in [-0.4, -0.2) is 12.8 Å². The highest BCUT2D eigenvalue weighted by Gasteiger charge is 2.22. The van der Waals surface area contributed by atoms with Gasteiger partial charge in [-0.1, -0.05) is 28.1 Å². The molecule has 1 aliphatic rings. The van der Waals surface area contributed by atoms with Crippen molar-refractivity contribution in [1.82, 2.24) is 5.32 Å². The predicted molar refractivity (Wildman–Crippen MR) is 55.4 cm³/mol. The molecule has 0 aliphatic carbocycles. The smallest absolute Gasteiger partial charge is 0.106 e. The first-order valence-electron chi connectivity index (χ1n) is 4.40. The van der Waals surface area contributed by atoms with Crippen LogP contribution < -0.4 is 5.32 Å². The first-order valence-corrected chi connectivity index (χ1v) is 5.19. The monoisotopic (exact) mass is 241 g/mol. The van der Waals surface area contributed by atoms with Crippen LogP contribution in [0.2, 0.25) is 0 Å². The van der Waals surface area contributed by atoms with Gasteiger partial charge in [0.1, 0.15) is 6.23 Å². The number of rotatable bonds is 1. The van der Waals surface area contributed by atoms with Crippen LogP contribution in [0, 0.1) is 0 Å². The lowest BCUT2D eigenvalue weighted by atomic mass is 10.1. The number of hydrogen-bond acceptors (Lipinski definition) is 2. The molecule has 13 heavy (non-hydrogen) atoms. The Labute approximate surface area is 86.4 Å². The zero-order valence-corrected chi connectivity index (χ0v) is 9.04. The molecular formula is C10H12BrNO. The highest BCUT2D eigenvalue weighted by molar-refractivity contribution is 9.10. The molecular weight excluding hydrogens is 230 g/mol. The molecule has 0 aromatic heterocycles. The molecule has 1 fully saturated rings. The molecule has 0 amide bonds. The zero-order chi connectivity index (χ0) is 9.26. The number of benzene rings is 1. The van der Waals surface area contributed by atoms with Crippen molar-refractivity contribution < 1.29 is 4.74 Å². The quantitative estimate of drug-likeness (QED) is 0.816. The van der Waals surface area contributed by atoms with Crippen LogP contribution in [0.25, 0.3) is 0 Å². The van der Waals surface area contributed by atoms with Gasteiger partial charge in [-0.25, -0.2) is 0 Å². The average molecular weight is 242 g/mol. The van der Waals surface area contributed by atoms with Gasteiger partial charge >= 0.3 is 0 Å². The fourth-order valence-corrected chi connectivity index (χ4v) is 1.94. The molecule has 2 atom stereocenters. The van der Waals surface area contributed by atoms with E-state index < -0.39 is 0 Å². The Balaban J connectivity index is 2.16. The lowest BCUT2D eigenvalue weighted by Gasteiger charge is -2.09. The third-order valence-electron chi connectivity index (χ3n) is 2.18. The molecule has 0 radical (unpaired) electrons. The molecule has 1 heterocycles. The van der Waals surface area contributed by atoms with Gasteiger partial charge in [-0.3, -0.25) is 5.32 Å². The van der Waals surface area contributed by atoms with E-state index in [-0.39, 0.29) is 12.3 Å². The van der Waals surface area contributed by atoms with Crippen molar-refractivity contribution in [2.45, 2.75) is 19.3 Å². The summed E-state index contributed by atoms with van der Waals surface area (Å²) in [6.45, 7) is 2.93. The molecule has 2 nitrogen and oxygen atoms in total. The number of hydrogen-bond donors (Lipinski definition) is 1. The minimum absolute atomic E-state index is 0.170. The molecule has 0 saturated carbocycles. The molecule has 0 spiro atoms. The molecule has 1 saturated heterocycles. The van der Waals surface area contributed by atoms with Crippen LogP contribution in [0.5, 0.6) is 0 Å². The minimum atomic E-state index is 0.170. The summed E-state index contributed by atoms with van der Waals surface area (Å²) in [5, 5.41) is 3.25. The van der Waals surface area contributed by atoms with Crippen molar-refractivity contribution in [3.63, 3.8) is 0 Å². The van der Waals surface area contributed by atoms with E-state index in [9.17, 15) is 0 Å². The third kappa shape index (κ3) is 2.10. The number of ether oxygens (including phenoxy) is 1. The van der Waals surface area contributed by atoms with Crippen LogP contribution in [0.3, 0.4) is 0 Å². The Kier molecular flexibility index (Phi) is 2.67. The average Bonchev–Trinajstić information content (AvgIpc) is 2.52. The summed E-state index contributed by atoms with van der Waals surface area (Å²) in [5.74, 6) is 0. The van der Waals surface area contributed by atoms with Crippen LogP contribution in [0.1, 0.15) is 18.6 Å². The first-order chi connectivity index (χ1) is 6.25. The van der Waals surface area contributed by atoms with Gasteiger partial charge in [-0.05, 0) is 24.6 Å². The maximum Gasteiger partial charge on any atom is 0.106 e. The molecule has 0 bridgehead atoms. The Morgan fingerprint density at radius 3 is 3.00 bits per heavy atom. The van der Waals surface area contributed by atoms with Gasteiger partial charge in [0, 0.05) is 11.0 Å². The second kappa shape index (κ2) is 3.78. The van der Waals surface area contributed by atoms with E-state index in [0.29, 0.717) is 0 Å². The summed E-state index contributed by atoms with van der Waals surface area (Å²) in [6, 6.07) is 8.25. The van der Waals surface area contributed by atoms with Gasteiger partial charge in [0.25, 0.3) is 0 Å². The standard InChI is InChI=1S/C10H12BrNO/c1-7-12-6-10(13-7)8-3-2-4-9(11)5-8/h2-5,7,10,12H,6H2,1H3. The summed E-state index contributed by atoms with van der Waals surface area (Å²) in [6.07, 6.45) is 0.372.